The Hall–Kier alpha value is -1.50. The zero-order valence-electron chi connectivity index (χ0n) is 9.67. The van der Waals surface area contributed by atoms with Crippen molar-refractivity contribution in [1.82, 2.24) is 5.43 Å². The Bertz CT molecular complexity index is 595. The van der Waals surface area contributed by atoms with Crippen molar-refractivity contribution in [3.63, 3.8) is 0 Å². The van der Waals surface area contributed by atoms with Crippen LogP contribution in [0.4, 0.5) is 4.79 Å². The van der Waals surface area contributed by atoms with Crippen molar-refractivity contribution in [3.05, 3.63) is 46.3 Å². The van der Waals surface area contributed by atoms with Crippen LogP contribution in [0.15, 0.2) is 50.6 Å². The van der Waals surface area contributed by atoms with Gasteiger partial charge in [0.2, 0.25) is 0 Å². The molecule has 98 valence electrons. The van der Waals surface area contributed by atoms with Crippen LogP contribution in [0.25, 0.3) is 0 Å². The quantitative estimate of drug-likeness (QED) is 0.669. The minimum Gasteiger partial charge on any atom is -0.350 e. The van der Waals surface area contributed by atoms with Crippen molar-refractivity contribution in [2.24, 2.45) is 10.8 Å². The summed E-state index contributed by atoms with van der Waals surface area (Å²) in [5.74, 6) is 0. The van der Waals surface area contributed by atoms with Gasteiger partial charge in [0.25, 0.3) is 0 Å². The van der Waals surface area contributed by atoms with E-state index in [1.807, 2.05) is 36.4 Å². The number of urea groups is 1. The molecule has 2 aromatic rings. The van der Waals surface area contributed by atoms with Gasteiger partial charge in [-0.15, -0.1) is 11.3 Å². The number of hydrazone groups is 1. The topological polar surface area (TPSA) is 67.5 Å². The van der Waals surface area contributed by atoms with Crippen molar-refractivity contribution >= 4 is 46.9 Å². The largest absolute Gasteiger partial charge is 0.350 e. The molecule has 0 atom stereocenters. The molecule has 0 aliphatic heterocycles. The van der Waals surface area contributed by atoms with Gasteiger partial charge in [-0.2, -0.15) is 5.10 Å². The van der Waals surface area contributed by atoms with Gasteiger partial charge >= 0.3 is 6.03 Å². The van der Waals surface area contributed by atoms with Gasteiger partial charge in [0, 0.05) is 14.8 Å². The van der Waals surface area contributed by atoms with Gasteiger partial charge in [0.1, 0.15) is 0 Å². The van der Waals surface area contributed by atoms with Gasteiger partial charge in [0.05, 0.1) is 10.4 Å². The Kier molecular flexibility index (Phi) is 4.84. The van der Waals surface area contributed by atoms with Crippen LogP contribution in [0.2, 0.25) is 5.02 Å². The number of primary amides is 1. The van der Waals surface area contributed by atoms with Crippen molar-refractivity contribution in [2.75, 3.05) is 0 Å². The highest BCUT2D eigenvalue weighted by Gasteiger charge is 2.01. The fourth-order valence-corrected chi connectivity index (χ4v) is 3.36. The molecule has 19 heavy (non-hydrogen) atoms. The molecule has 2 amide bonds. The van der Waals surface area contributed by atoms with Crippen LogP contribution in [-0.2, 0) is 0 Å². The summed E-state index contributed by atoms with van der Waals surface area (Å²) in [6.45, 7) is 0. The van der Waals surface area contributed by atoms with E-state index >= 15 is 0 Å². The minimum absolute atomic E-state index is 0.677. The van der Waals surface area contributed by atoms with E-state index in [4.69, 9.17) is 17.3 Å². The summed E-state index contributed by atoms with van der Waals surface area (Å²) in [5, 5.41) is 4.43. The number of hydrogen-bond donors (Lipinski definition) is 2. The highest BCUT2D eigenvalue weighted by Crippen LogP contribution is 2.33. The molecule has 0 saturated carbocycles. The van der Waals surface area contributed by atoms with Gasteiger partial charge in [-0.1, -0.05) is 23.4 Å². The number of carbonyl (C=O) groups is 1. The molecule has 2 rings (SSSR count). The molecule has 1 aromatic heterocycles. The standard InChI is InChI=1S/C12H10ClN3OS2/c13-8-1-3-9(4-2-8)18-11-6-5-10(19-11)7-15-16-12(14)17/h1-7H,(H3,14,16,17)/b15-7-. The van der Waals surface area contributed by atoms with Gasteiger partial charge in [-0.25, -0.2) is 10.2 Å². The smallest absolute Gasteiger partial charge is 0.332 e. The molecule has 0 spiro atoms. The maximum absolute atomic E-state index is 10.4. The first-order chi connectivity index (χ1) is 9.13. The van der Waals surface area contributed by atoms with Crippen LogP contribution in [0, 0.1) is 0 Å². The zero-order valence-corrected chi connectivity index (χ0v) is 12.1. The first-order valence-electron chi connectivity index (χ1n) is 5.25. The predicted octanol–water partition coefficient (Wildman–Crippen LogP) is 3.55. The molecule has 1 aromatic carbocycles. The number of rotatable bonds is 4. The lowest BCUT2D eigenvalue weighted by atomic mass is 10.4. The van der Waals surface area contributed by atoms with Crippen molar-refractivity contribution in [1.29, 1.82) is 0 Å². The molecule has 7 heteroatoms. The van der Waals surface area contributed by atoms with Crippen molar-refractivity contribution < 1.29 is 4.79 Å². The maximum atomic E-state index is 10.4. The summed E-state index contributed by atoms with van der Waals surface area (Å²) >= 11 is 9.05. The van der Waals surface area contributed by atoms with Gasteiger partial charge in [-0.3, -0.25) is 0 Å². The summed E-state index contributed by atoms with van der Waals surface area (Å²) in [7, 11) is 0. The lowest BCUT2D eigenvalue weighted by molar-refractivity contribution is 0.249. The fourth-order valence-electron chi connectivity index (χ4n) is 1.24. The normalized spacial score (nSPS) is 10.8. The summed E-state index contributed by atoms with van der Waals surface area (Å²) in [4.78, 5) is 12.5. The molecule has 0 aliphatic carbocycles. The predicted molar refractivity (Wildman–Crippen MR) is 80.2 cm³/mol. The molecular formula is C12H10ClN3OS2. The average Bonchev–Trinajstić information content (AvgIpc) is 2.79. The number of nitrogens with two attached hydrogens (primary N) is 1. The Morgan fingerprint density at radius 2 is 2.05 bits per heavy atom. The third kappa shape index (κ3) is 4.59. The van der Waals surface area contributed by atoms with E-state index < -0.39 is 6.03 Å². The Balaban J connectivity index is 1.99. The second-order valence-corrected chi connectivity index (χ2v) is 6.37. The molecule has 0 unspecified atom stereocenters. The third-order valence-corrected chi connectivity index (χ3v) is 4.41. The molecule has 0 fully saturated rings. The number of halogens is 1. The van der Waals surface area contributed by atoms with E-state index in [1.54, 1.807) is 29.3 Å². The molecule has 3 N–H and O–H groups in total. The molecule has 0 bridgehead atoms. The maximum Gasteiger partial charge on any atom is 0.332 e. The van der Waals surface area contributed by atoms with Crippen molar-refractivity contribution in [3.8, 4) is 0 Å². The SMILES string of the molecule is NC(=O)N/N=C\c1ccc(Sc2ccc(Cl)cc2)s1. The highest BCUT2D eigenvalue weighted by atomic mass is 35.5. The van der Waals surface area contributed by atoms with E-state index in [9.17, 15) is 4.79 Å². The summed E-state index contributed by atoms with van der Waals surface area (Å²) in [5.41, 5.74) is 7.05. The summed E-state index contributed by atoms with van der Waals surface area (Å²) in [6.07, 6.45) is 1.56. The molecular weight excluding hydrogens is 302 g/mol. The van der Waals surface area contributed by atoms with Gasteiger partial charge in [0.15, 0.2) is 0 Å². The number of carbonyl (C=O) groups excluding carboxylic acids is 1. The second-order valence-electron chi connectivity index (χ2n) is 3.45. The van der Waals surface area contributed by atoms with E-state index in [1.165, 1.54) is 0 Å². The molecule has 0 aliphatic rings. The first-order valence-corrected chi connectivity index (χ1v) is 7.26. The number of amides is 2. The number of hydrogen-bond acceptors (Lipinski definition) is 4. The van der Waals surface area contributed by atoms with Crippen LogP contribution in [0.3, 0.4) is 0 Å². The van der Waals surface area contributed by atoms with E-state index in [2.05, 4.69) is 10.5 Å². The average molecular weight is 312 g/mol. The summed E-state index contributed by atoms with van der Waals surface area (Å²) < 4.78 is 1.13. The fraction of sp³-hybridized carbons (Fsp3) is 0. The highest BCUT2D eigenvalue weighted by molar-refractivity contribution is 8.01. The number of benzene rings is 1. The van der Waals surface area contributed by atoms with Gasteiger partial charge in [-0.05, 0) is 36.4 Å². The van der Waals surface area contributed by atoms with Crippen LogP contribution < -0.4 is 11.2 Å². The Labute approximate surface area is 123 Å². The van der Waals surface area contributed by atoms with Crippen molar-refractivity contribution in [2.45, 2.75) is 9.10 Å². The zero-order chi connectivity index (χ0) is 13.7. The van der Waals surface area contributed by atoms with E-state index in [-0.39, 0.29) is 0 Å². The molecule has 4 nitrogen and oxygen atoms in total. The lowest BCUT2D eigenvalue weighted by Crippen LogP contribution is -2.24. The molecule has 1 heterocycles. The monoisotopic (exact) mass is 311 g/mol. The van der Waals surface area contributed by atoms with Crippen LogP contribution in [0.5, 0.6) is 0 Å². The van der Waals surface area contributed by atoms with E-state index in [0.717, 1.165) is 19.0 Å². The number of nitrogens with one attached hydrogen (secondary N) is 1. The lowest BCUT2D eigenvalue weighted by Gasteiger charge is -1.97. The third-order valence-electron chi connectivity index (χ3n) is 2.00. The van der Waals surface area contributed by atoms with Crippen LogP contribution in [-0.4, -0.2) is 12.2 Å². The van der Waals surface area contributed by atoms with E-state index in [0.29, 0.717) is 0 Å². The second kappa shape index (κ2) is 6.60. The van der Waals surface area contributed by atoms with Gasteiger partial charge < -0.3 is 5.73 Å². The summed E-state index contributed by atoms with van der Waals surface area (Å²) in [6, 6.07) is 10.9. The molecule has 0 radical (unpaired) electrons. The van der Waals surface area contributed by atoms with Crippen LogP contribution >= 0.6 is 34.7 Å². The first kappa shape index (κ1) is 13.9. The Morgan fingerprint density at radius 1 is 1.32 bits per heavy atom. The number of nitrogens with zero attached hydrogens (tertiary/aromatic N) is 1. The number of thiophene rings is 1. The molecule has 0 saturated heterocycles. The minimum atomic E-state index is -0.677. The van der Waals surface area contributed by atoms with Crippen LogP contribution in [0.1, 0.15) is 4.88 Å². The Morgan fingerprint density at radius 3 is 2.74 bits per heavy atom.